The molecule has 0 aliphatic carbocycles. The normalized spacial score (nSPS) is 10.4. The highest BCUT2D eigenvalue weighted by atomic mass is 79.9. The Morgan fingerprint density at radius 1 is 1.45 bits per heavy atom. The number of nitrogens with one attached hydrogen (secondary N) is 1. The Balaban J connectivity index is 2.64. The van der Waals surface area contributed by atoms with E-state index in [1.165, 1.54) is 18.0 Å². The SMILES string of the molecule is CN(CCC(=O)O)C(=O)NCc1cc(Br)ccc1OC(F)F. The van der Waals surface area contributed by atoms with Crippen LogP contribution in [0, 0.1) is 0 Å². The molecule has 1 rings (SSSR count). The van der Waals surface area contributed by atoms with E-state index < -0.39 is 18.6 Å². The Morgan fingerprint density at radius 2 is 2.14 bits per heavy atom. The predicted octanol–water partition coefficient (Wildman–Crippen LogP) is 2.67. The van der Waals surface area contributed by atoms with E-state index in [1.54, 1.807) is 12.1 Å². The molecule has 122 valence electrons. The van der Waals surface area contributed by atoms with Gasteiger partial charge in [-0.05, 0) is 18.2 Å². The van der Waals surface area contributed by atoms with E-state index in [2.05, 4.69) is 26.0 Å². The number of alkyl halides is 2. The lowest BCUT2D eigenvalue weighted by molar-refractivity contribution is -0.137. The average molecular weight is 381 g/mol. The molecule has 0 aromatic heterocycles. The molecule has 22 heavy (non-hydrogen) atoms. The topological polar surface area (TPSA) is 78.9 Å². The molecule has 2 amide bonds. The number of urea groups is 1. The molecule has 0 aliphatic rings. The Kier molecular flexibility index (Phi) is 7.03. The van der Waals surface area contributed by atoms with E-state index in [0.29, 0.717) is 10.0 Å². The summed E-state index contributed by atoms with van der Waals surface area (Å²) in [6, 6.07) is 3.95. The van der Waals surface area contributed by atoms with Crippen molar-refractivity contribution in [1.29, 1.82) is 0 Å². The lowest BCUT2D eigenvalue weighted by Crippen LogP contribution is -2.38. The number of carboxylic acid groups (broad SMARTS) is 1. The van der Waals surface area contributed by atoms with Crippen LogP contribution in [-0.2, 0) is 11.3 Å². The molecule has 0 saturated carbocycles. The van der Waals surface area contributed by atoms with Gasteiger partial charge in [-0.15, -0.1) is 0 Å². The molecule has 2 N–H and O–H groups in total. The van der Waals surface area contributed by atoms with Crippen molar-refractivity contribution in [3.05, 3.63) is 28.2 Å². The lowest BCUT2D eigenvalue weighted by atomic mass is 10.2. The van der Waals surface area contributed by atoms with Gasteiger partial charge in [0.15, 0.2) is 0 Å². The maximum Gasteiger partial charge on any atom is 0.387 e. The summed E-state index contributed by atoms with van der Waals surface area (Å²) in [5.74, 6) is -1.05. The van der Waals surface area contributed by atoms with E-state index in [4.69, 9.17) is 5.11 Å². The van der Waals surface area contributed by atoms with E-state index >= 15 is 0 Å². The van der Waals surface area contributed by atoms with Crippen LogP contribution < -0.4 is 10.1 Å². The molecule has 0 radical (unpaired) electrons. The third-order valence-corrected chi connectivity index (χ3v) is 3.17. The number of hydrogen-bond acceptors (Lipinski definition) is 3. The molecule has 9 heteroatoms. The van der Waals surface area contributed by atoms with Crippen LogP contribution in [0.4, 0.5) is 13.6 Å². The largest absolute Gasteiger partial charge is 0.481 e. The van der Waals surface area contributed by atoms with E-state index in [1.807, 2.05) is 0 Å². The number of rotatable bonds is 7. The summed E-state index contributed by atoms with van der Waals surface area (Å²) in [4.78, 5) is 23.4. The highest BCUT2D eigenvalue weighted by Crippen LogP contribution is 2.24. The summed E-state index contributed by atoms with van der Waals surface area (Å²) in [5.41, 5.74) is 0.370. The molecule has 1 aromatic carbocycles. The number of nitrogens with zero attached hydrogens (tertiary/aromatic N) is 1. The molecule has 1 aromatic rings. The van der Waals surface area contributed by atoms with Crippen LogP contribution in [-0.4, -0.2) is 42.2 Å². The molecular weight excluding hydrogens is 366 g/mol. The number of carbonyl (C=O) groups excluding carboxylic acids is 1. The Morgan fingerprint density at radius 3 is 2.73 bits per heavy atom. The summed E-state index contributed by atoms with van der Waals surface area (Å²) in [5, 5.41) is 11.1. The number of halogens is 3. The Labute approximate surface area is 134 Å². The summed E-state index contributed by atoms with van der Waals surface area (Å²) in [6.45, 7) is -2.95. The zero-order chi connectivity index (χ0) is 16.7. The van der Waals surface area contributed by atoms with Crippen molar-refractivity contribution in [3.8, 4) is 5.75 Å². The zero-order valence-electron chi connectivity index (χ0n) is 11.7. The van der Waals surface area contributed by atoms with Crippen molar-refractivity contribution in [1.82, 2.24) is 10.2 Å². The van der Waals surface area contributed by atoms with Crippen LogP contribution in [0.5, 0.6) is 5.75 Å². The van der Waals surface area contributed by atoms with Gasteiger partial charge in [-0.1, -0.05) is 15.9 Å². The van der Waals surface area contributed by atoms with Crippen LogP contribution in [0.2, 0.25) is 0 Å². The van der Waals surface area contributed by atoms with Crippen LogP contribution in [0.15, 0.2) is 22.7 Å². The standard InChI is InChI=1S/C13H15BrF2N2O4/c1-18(5-4-11(19)20)13(21)17-7-8-6-9(14)2-3-10(8)22-12(15)16/h2-3,6,12H,4-5,7H2,1H3,(H,17,21)(H,19,20). The van der Waals surface area contributed by atoms with Crippen molar-refractivity contribution in [3.63, 3.8) is 0 Å². The van der Waals surface area contributed by atoms with Crippen LogP contribution in [0.25, 0.3) is 0 Å². The number of carbonyl (C=O) groups is 2. The Hall–Kier alpha value is -1.90. The summed E-state index contributed by atoms with van der Waals surface area (Å²) in [7, 11) is 1.44. The van der Waals surface area contributed by atoms with Crippen molar-refractivity contribution in [2.24, 2.45) is 0 Å². The minimum atomic E-state index is -2.96. The maximum atomic E-state index is 12.3. The molecule has 0 heterocycles. The van der Waals surface area contributed by atoms with Crippen molar-refractivity contribution >= 4 is 27.9 Å². The van der Waals surface area contributed by atoms with Gasteiger partial charge in [-0.25, -0.2) is 4.79 Å². The fourth-order valence-electron chi connectivity index (χ4n) is 1.57. The first-order valence-electron chi connectivity index (χ1n) is 6.23. The molecule has 0 bridgehead atoms. The fraction of sp³-hybridized carbons (Fsp3) is 0.385. The van der Waals surface area contributed by atoms with Gasteiger partial charge >= 0.3 is 18.6 Å². The minimum Gasteiger partial charge on any atom is -0.481 e. The van der Waals surface area contributed by atoms with Gasteiger partial charge in [0, 0.05) is 30.2 Å². The quantitative estimate of drug-likeness (QED) is 0.761. The third-order valence-electron chi connectivity index (χ3n) is 2.68. The van der Waals surface area contributed by atoms with Gasteiger partial charge in [0.05, 0.1) is 6.42 Å². The van der Waals surface area contributed by atoms with Gasteiger partial charge in [0.1, 0.15) is 5.75 Å². The van der Waals surface area contributed by atoms with E-state index in [0.717, 1.165) is 0 Å². The predicted molar refractivity (Wildman–Crippen MR) is 77.9 cm³/mol. The van der Waals surface area contributed by atoms with Gasteiger partial charge in [0.25, 0.3) is 0 Å². The number of amides is 2. The number of aliphatic carboxylic acids is 1. The van der Waals surface area contributed by atoms with Crippen LogP contribution in [0.3, 0.4) is 0 Å². The number of hydrogen-bond donors (Lipinski definition) is 2. The van der Waals surface area contributed by atoms with Crippen molar-refractivity contribution in [2.45, 2.75) is 19.6 Å². The second-order valence-corrected chi connectivity index (χ2v) is 5.27. The highest BCUT2D eigenvalue weighted by Gasteiger charge is 2.13. The van der Waals surface area contributed by atoms with Crippen molar-refractivity contribution in [2.75, 3.05) is 13.6 Å². The first-order chi connectivity index (χ1) is 10.3. The molecule has 6 nitrogen and oxygen atoms in total. The maximum absolute atomic E-state index is 12.3. The lowest BCUT2D eigenvalue weighted by Gasteiger charge is -2.18. The third kappa shape index (κ3) is 6.25. The minimum absolute atomic E-state index is 0.0300. The molecule has 0 saturated heterocycles. The smallest absolute Gasteiger partial charge is 0.387 e. The summed E-state index contributed by atoms with van der Waals surface area (Å²) < 4.78 is 29.7. The summed E-state index contributed by atoms with van der Waals surface area (Å²) in [6.07, 6.45) is -0.180. The number of benzene rings is 1. The number of carboxylic acids is 1. The second-order valence-electron chi connectivity index (χ2n) is 4.35. The zero-order valence-corrected chi connectivity index (χ0v) is 13.3. The van der Waals surface area contributed by atoms with Gasteiger partial charge in [0.2, 0.25) is 0 Å². The summed E-state index contributed by atoms with van der Waals surface area (Å²) >= 11 is 3.21. The molecule has 0 atom stereocenters. The molecule has 0 unspecified atom stereocenters. The van der Waals surface area contributed by atoms with Gasteiger partial charge in [-0.2, -0.15) is 8.78 Å². The van der Waals surface area contributed by atoms with Crippen LogP contribution in [0.1, 0.15) is 12.0 Å². The van der Waals surface area contributed by atoms with Crippen molar-refractivity contribution < 1.29 is 28.2 Å². The molecule has 0 aliphatic heterocycles. The monoisotopic (exact) mass is 380 g/mol. The van der Waals surface area contributed by atoms with Gasteiger partial charge < -0.3 is 20.1 Å². The number of ether oxygens (including phenoxy) is 1. The van der Waals surface area contributed by atoms with Gasteiger partial charge in [-0.3, -0.25) is 4.79 Å². The first-order valence-corrected chi connectivity index (χ1v) is 7.03. The molecular formula is C13H15BrF2N2O4. The second kappa shape index (κ2) is 8.52. The highest BCUT2D eigenvalue weighted by molar-refractivity contribution is 9.10. The first kappa shape index (κ1) is 18.1. The average Bonchev–Trinajstić information content (AvgIpc) is 2.44. The van der Waals surface area contributed by atoms with E-state index in [9.17, 15) is 18.4 Å². The Bertz CT molecular complexity index is 543. The fourth-order valence-corrected chi connectivity index (χ4v) is 1.98. The molecule has 0 spiro atoms. The van der Waals surface area contributed by atoms with E-state index in [-0.39, 0.29) is 25.3 Å². The molecule has 0 fully saturated rings. The van der Waals surface area contributed by atoms with Crippen LogP contribution >= 0.6 is 15.9 Å².